The molecule has 8 bridgehead atoms. The summed E-state index contributed by atoms with van der Waals surface area (Å²) in [5.41, 5.74) is -0.934. The molecule has 1 heterocycles. The molecule has 1 unspecified atom stereocenters. The highest BCUT2D eigenvalue weighted by Gasteiger charge is 2.82. The lowest BCUT2D eigenvalue weighted by Crippen LogP contribution is -2.52. The van der Waals surface area contributed by atoms with Gasteiger partial charge in [-0.3, -0.25) is 19.2 Å². The van der Waals surface area contributed by atoms with Gasteiger partial charge >= 0.3 is 0 Å². The Morgan fingerprint density at radius 3 is 1.51 bits per heavy atom. The maximum absolute atomic E-state index is 14.0. The minimum atomic E-state index is -0.467. The van der Waals surface area contributed by atoms with E-state index in [9.17, 15) is 19.2 Å². The van der Waals surface area contributed by atoms with E-state index < -0.39 is 10.8 Å². The molecular weight excluding hydrogens is 776 g/mol. The van der Waals surface area contributed by atoms with Gasteiger partial charge in [-0.1, -0.05) is 63.7 Å². The van der Waals surface area contributed by atoms with E-state index in [-0.39, 0.29) is 68.8 Å². The van der Waals surface area contributed by atoms with Crippen LogP contribution >= 0.6 is 75.1 Å². The summed E-state index contributed by atoms with van der Waals surface area (Å²) < 4.78 is 0. The van der Waals surface area contributed by atoms with Crippen molar-refractivity contribution < 1.29 is 19.2 Å². The van der Waals surface area contributed by atoms with Gasteiger partial charge in [-0.05, 0) is 73.3 Å². The first-order valence-electron chi connectivity index (χ1n) is 14.4. The zero-order chi connectivity index (χ0) is 26.9. The van der Waals surface area contributed by atoms with Crippen molar-refractivity contribution in [3.05, 3.63) is 21.9 Å². The molecule has 1 aromatic heterocycles. The van der Waals surface area contributed by atoms with Crippen LogP contribution in [0.1, 0.15) is 22.6 Å². The summed E-state index contributed by atoms with van der Waals surface area (Å²) >= 11 is 16.9. The number of carbonyl (C=O) groups is 4. The molecular formula is C30H28Br4O4S. The average molecular weight is 804 g/mol. The SMILES string of the molecule is O=C1[C@@H](Cc2ccc(C[C@@H]3C(=O)[C@@H]4[C@H]5C[C@@H]6[C@H](C5Br)[C@H]3C(=O)[C@@]64CBr)s2)[C@@H]2C(=O)[C@@]3(CBr)[C@@H]4C[C@@H]([C@@H](Br)[C@H]24)[C@@H]13. The zero-order valence-electron chi connectivity index (χ0n) is 21.0. The fraction of sp³-hybridized carbons (Fsp3) is 0.733. The minimum absolute atomic E-state index is 0.153. The predicted octanol–water partition coefficient (Wildman–Crippen LogP) is 5.68. The number of alkyl halides is 4. The van der Waals surface area contributed by atoms with Crippen molar-refractivity contribution in [1.82, 2.24) is 0 Å². The normalized spacial score (nSPS) is 56.8. The van der Waals surface area contributed by atoms with E-state index in [1.807, 2.05) is 0 Å². The van der Waals surface area contributed by atoms with Crippen LogP contribution in [0.5, 0.6) is 0 Å². The topological polar surface area (TPSA) is 68.3 Å². The Kier molecular flexibility index (Phi) is 5.33. The molecule has 9 heteroatoms. The highest BCUT2D eigenvalue weighted by atomic mass is 79.9. The standard InChI is InChI=1S/C30H28Br4O4S/c31-7-29-15-5-13-21(29)25(35)11(17(27(29)37)19(15)23(13)33)3-9-1-2-10(39-9)4-12-18-20-16-6-14(24(20)34)22(26(12)36)30(16,8-32)28(18)38/h1-2,11-24H,3-8H2/t11-,12-,13+,14+,15+,16+,17-,18-,19-,20-,21-,22-,23+,24?,29-,30-/m0/s1. The van der Waals surface area contributed by atoms with E-state index >= 15 is 0 Å². The van der Waals surface area contributed by atoms with Crippen LogP contribution in [0, 0.1) is 81.8 Å². The van der Waals surface area contributed by atoms with Gasteiger partial charge in [0, 0.05) is 65.6 Å². The monoisotopic (exact) mass is 800 g/mol. The summed E-state index contributed by atoms with van der Waals surface area (Å²) in [6.45, 7) is 0. The lowest BCUT2D eigenvalue weighted by Gasteiger charge is -2.41. The van der Waals surface area contributed by atoms with Crippen molar-refractivity contribution in [2.45, 2.75) is 35.3 Å². The van der Waals surface area contributed by atoms with Gasteiger partial charge < -0.3 is 0 Å². The summed E-state index contributed by atoms with van der Waals surface area (Å²) in [5, 5.41) is 1.23. The Balaban J connectivity index is 0.995. The van der Waals surface area contributed by atoms with Crippen LogP contribution < -0.4 is 0 Å². The number of thiophene rings is 1. The summed E-state index contributed by atoms with van der Waals surface area (Å²) in [5.74, 6) is 1.97. The van der Waals surface area contributed by atoms with Gasteiger partial charge in [0.2, 0.25) is 0 Å². The molecule has 4 nitrogen and oxygen atoms in total. The lowest BCUT2D eigenvalue weighted by atomic mass is 9.62. The van der Waals surface area contributed by atoms with Crippen molar-refractivity contribution in [3.8, 4) is 0 Å². The van der Waals surface area contributed by atoms with Crippen molar-refractivity contribution in [2.75, 3.05) is 10.7 Å². The van der Waals surface area contributed by atoms with Gasteiger partial charge in [-0.25, -0.2) is 0 Å². The summed E-state index contributed by atoms with van der Waals surface area (Å²) in [7, 11) is 0. The molecule has 0 aromatic carbocycles. The molecule has 0 spiro atoms. The number of halogens is 4. The van der Waals surface area contributed by atoms with Gasteiger partial charge in [0.25, 0.3) is 0 Å². The number of Topliss-reactive ketones (excluding diaryl/α,β-unsaturated/α-hetero) is 4. The van der Waals surface area contributed by atoms with Gasteiger partial charge in [-0.2, -0.15) is 0 Å². The molecule has 0 saturated heterocycles. The van der Waals surface area contributed by atoms with E-state index in [2.05, 4.69) is 75.9 Å². The van der Waals surface area contributed by atoms with Crippen LogP contribution in [-0.2, 0) is 32.0 Å². The molecule has 0 N–H and O–H groups in total. The Labute approximate surface area is 265 Å². The maximum atomic E-state index is 14.0. The Morgan fingerprint density at radius 2 is 1.13 bits per heavy atom. The molecule has 1 aromatic rings. The number of rotatable bonds is 6. The van der Waals surface area contributed by atoms with Gasteiger partial charge in [0.15, 0.2) is 0 Å². The lowest BCUT2D eigenvalue weighted by molar-refractivity contribution is -0.148. The first-order valence-corrected chi connectivity index (χ1v) is 19.2. The maximum Gasteiger partial charge on any atom is 0.145 e. The second-order valence-electron chi connectivity index (χ2n) is 13.9. The highest BCUT2D eigenvalue weighted by Crippen LogP contribution is 2.77. The predicted molar refractivity (Wildman–Crippen MR) is 161 cm³/mol. The van der Waals surface area contributed by atoms with Crippen LogP contribution in [-0.4, -0.2) is 43.4 Å². The first kappa shape index (κ1) is 25.8. The smallest absolute Gasteiger partial charge is 0.145 e. The van der Waals surface area contributed by atoms with E-state index in [0.717, 1.165) is 22.6 Å². The molecule has 206 valence electrons. The Bertz CT molecular complexity index is 1290. The molecule has 8 fully saturated rings. The molecule has 8 saturated carbocycles. The first-order chi connectivity index (χ1) is 18.7. The van der Waals surface area contributed by atoms with Crippen LogP contribution in [0.4, 0.5) is 0 Å². The summed E-state index contributed by atoms with van der Waals surface area (Å²) in [6, 6.07) is 4.22. The van der Waals surface area contributed by atoms with Crippen LogP contribution in [0.2, 0.25) is 0 Å². The third-order valence-corrected chi connectivity index (χ3v) is 19.0. The van der Waals surface area contributed by atoms with E-state index in [1.54, 1.807) is 11.3 Å². The molecule has 8 aliphatic rings. The number of hydrogen-bond donors (Lipinski definition) is 0. The number of hydrogen-bond acceptors (Lipinski definition) is 5. The average Bonchev–Trinajstić information content (AvgIpc) is 3.72. The van der Waals surface area contributed by atoms with Crippen molar-refractivity contribution >= 4 is 98.2 Å². The largest absolute Gasteiger partial charge is 0.299 e. The summed E-state index contributed by atoms with van der Waals surface area (Å²) in [6.07, 6.45) is 3.25. The third-order valence-electron chi connectivity index (χ3n) is 13.4. The fourth-order valence-corrected chi connectivity index (χ4v) is 18.0. The van der Waals surface area contributed by atoms with Crippen LogP contribution in [0.25, 0.3) is 0 Å². The molecule has 0 radical (unpaired) electrons. The van der Waals surface area contributed by atoms with Crippen molar-refractivity contribution in [1.29, 1.82) is 0 Å². The fourth-order valence-electron chi connectivity index (χ4n) is 12.4. The van der Waals surface area contributed by atoms with Crippen LogP contribution in [0.3, 0.4) is 0 Å². The van der Waals surface area contributed by atoms with Crippen LogP contribution in [0.15, 0.2) is 12.1 Å². The molecule has 0 aliphatic heterocycles. The quantitative estimate of drug-likeness (QED) is 0.348. The zero-order valence-corrected chi connectivity index (χ0v) is 28.2. The van der Waals surface area contributed by atoms with Gasteiger partial charge in [0.1, 0.15) is 23.1 Å². The molecule has 39 heavy (non-hydrogen) atoms. The van der Waals surface area contributed by atoms with Gasteiger partial charge in [-0.15, -0.1) is 11.3 Å². The Morgan fingerprint density at radius 1 is 0.718 bits per heavy atom. The van der Waals surface area contributed by atoms with Gasteiger partial charge in [0.05, 0.1) is 10.8 Å². The number of ketones is 4. The van der Waals surface area contributed by atoms with E-state index in [1.165, 1.54) is 0 Å². The minimum Gasteiger partial charge on any atom is -0.299 e. The Hall–Kier alpha value is 0.300. The van der Waals surface area contributed by atoms with Crippen molar-refractivity contribution in [2.24, 2.45) is 81.8 Å². The number of fused-ring (bicyclic) bond motifs is 8. The second-order valence-corrected chi connectivity index (χ2v) is 18.4. The summed E-state index contributed by atoms with van der Waals surface area (Å²) in [4.78, 5) is 58.4. The van der Waals surface area contributed by atoms with Crippen molar-refractivity contribution in [3.63, 3.8) is 0 Å². The van der Waals surface area contributed by atoms with E-state index in [0.29, 0.717) is 58.5 Å². The van der Waals surface area contributed by atoms with E-state index in [4.69, 9.17) is 0 Å². The molecule has 16 atom stereocenters. The second kappa shape index (κ2) is 8.06. The molecule has 8 aliphatic carbocycles. The molecule has 0 amide bonds. The third kappa shape index (κ3) is 2.60. The highest BCUT2D eigenvalue weighted by molar-refractivity contribution is 9.10. The molecule has 9 rings (SSSR count). The number of carbonyl (C=O) groups excluding carboxylic acids is 4.